The number of hydrogen-bond donors (Lipinski definition) is 1. The molecular formula is C19H24N2O4S. The van der Waals surface area contributed by atoms with Crippen molar-refractivity contribution >= 4 is 16.0 Å². The van der Waals surface area contributed by atoms with Crippen LogP contribution < -0.4 is 4.72 Å². The lowest BCUT2D eigenvalue weighted by Gasteiger charge is -2.24. The lowest BCUT2D eigenvalue weighted by Crippen LogP contribution is -2.41. The van der Waals surface area contributed by atoms with Crippen LogP contribution in [0.25, 0.3) is 0 Å². The molecule has 6 nitrogen and oxygen atoms in total. The average molecular weight is 376 g/mol. The van der Waals surface area contributed by atoms with Crippen molar-refractivity contribution in [3.63, 3.8) is 0 Å². The highest BCUT2D eigenvalue weighted by Crippen LogP contribution is 2.12. The monoisotopic (exact) mass is 376 g/mol. The van der Waals surface area contributed by atoms with Crippen LogP contribution in [-0.2, 0) is 21.2 Å². The number of carbonyl (C=O) groups excluding carboxylic acids is 1. The molecule has 0 saturated heterocycles. The Morgan fingerprint density at radius 2 is 1.69 bits per heavy atom. The van der Waals surface area contributed by atoms with Gasteiger partial charge in [0.15, 0.2) is 0 Å². The molecule has 0 aliphatic rings. The zero-order valence-corrected chi connectivity index (χ0v) is 16.0. The molecule has 0 aliphatic carbocycles. The van der Waals surface area contributed by atoms with Gasteiger partial charge >= 0.3 is 5.97 Å². The minimum Gasteiger partial charge on any atom is -0.465 e. The molecule has 2 aromatic rings. The number of methoxy groups -OCH3 is 1. The van der Waals surface area contributed by atoms with Crippen LogP contribution in [0.15, 0.2) is 59.5 Å². The van der Waals surface area contributed by atoms with E-state index in [9.17, 15) is 13.2 Å². The number of sulfonamides is 1. The number of benzene rings is 2. The minimum atomic E-state index is -3.66. The minimum absolute atomic E-state index is 0.0153. The Bertz CT molecular complexity index is 818. The Morgan fingerprint density at radius 3 is 2.23 bits per heavy atom. The van der Waals surface area contributed by atoms with Crippen molar-refractivity contribution < 1.29 is 17.9 Å². The molecule has 0 spiro atoms. The second kappa shape index (κ2) is 8.93. The summed E-state index contributed by atoms with van der Waals surface area (Å²) in [6, 6.07) is 15.6. The van der Waals surface area contributed by atoms with Crippen LogP contribution in [0.1, 0.15) is 15.9 Å². The fraction of sp³-hybridized carbons (Fsp3) is 0.316. The Labute approximate surface area is 154 Å². The molecule has 0 saturated carbocycles. The number of esters is 1. The first-order chi connectivity index (χ1) is 12.3. The number of nitrogens with one attached hydrogen (secondary N) is 1. The van der Waals surface area contributed by atoms with Gasteiger partial charge in [-0.2, -0.15) is 0 Å². The summed E-state index contributed by atoms with van der Waals surface area (Å²) in [5.74, 6) is -0.502. The molecule has 0 amide bonds. The van der Waals surface area contributed by atoms with Crippen LogP contribution in [0.3, 0.4) is 0 Å². The normalized spacial score (nSPS) is 12.8. The topological polar surface area (TPSA) is 75.7 Å². The van der Waals surface area contributed by atoms with E-state index in [0.717, 1.165) is 12.0 Å². The van der Waals surface area contributed by atoms with E-state index in [1.807, 2.05) is 49.3 Å². The fourth-order valence-corrected chi connectivity index (χ4v) is 3.57. The van der Waals surface area contributed by atoms with Crippen molar-refractivity contribution in [3.05, 3.63) is 65.7 Å². The molecule has 0 heterocycles. The summed E-state index contributed by atoms with van der Waals surface area (Å²) in [7, 11) is 1.47. The molecule has 1 atom stereocenters. The predicted octanol–water partition coefficient (Wildman–Crippen LogP) is 1.92. The molecule has 1 unspecified atom stereocenters. The number of hydrogen-bond acceptors (Lipinski definition) is 5. The highest BCUT2D eigenvalue weighted by molar-refractivity contribution is 7.89. The highest BCUT2D eigenvalue weighted by Gasteiger charge is 2.19. The van der Waals surface area contributed by atoms with Gasteiger partial charge in [0.2, 0.25) is 10.0 Å². The van der Waals surface area contributed by atoms with Gasteiger partial charge < -0.3 is 9.64 Å². The van der Waals surface area contributed by atoms with E-state index in [0.29, 0.717) is 5.56 Å². The summed E-state index contributed by atoms with van der Waals surface area (Å²) < 4.78 is 32.3. The van der Waals surface area contributed by atoms with Gasteiger partial charge in [0.25, 0.3) is 0 Å². The number of likely N-dealkylation sites (N-methyl/N-ethyl adjacent to an activating group) is 1. The Morgan fingerprint density at radius 1 is 1.08 bits per heavy atom. The molecule has 0 bridgehead atoms. The SMILES string of the molecule is COC(=O)c1ccc(S(=O)(=O)NCC(Cc2ccccc2)N(C)C)cc1. The summed E-state index contributed by atoms with van der Waals surface area (Å²) in [4.78, 5) is 13.6. The van der Waals surface area contributed by atoms with E-state index in [4.69, 9.17) is 0 Å². The fourth-order valence-electron chi connectivity index (χ4n) is 2.50. The van der Waals surface area contributed by atoms with Crippen molar-refractivity contribution in [3.8, 4) is 0 Å². The third-order valence-corrected chi connectivity index (χ3v) is 5.58. The summed E-state index contributed by atoms with van der Waals surface area (Å²) in [5.41, 5.74) is 1.45. The molecule has 0 aromatic heterocycles. The van der Waals surface area contributed by atoms with Crippen LogP contribution in [0, 0.1) is 0 Å². The molecule has 0 fully saturated rings. The first-order valence-corrected chi connectivity index (χ1v) is 9.70. The van der Waals surface area contributed by atoms with Crippen LogP contribution in [-0.4, -0.2) is 53.1 Å². The zero-order chi connectivity index (χ0) is 19.2. The van der Waals surface area contributed by atoms with Gasteiger partial charge in [-0.3, -0.25) is 0 Å². The van der Waals surface area contributed by atoms with Crippen molar-refractivity contribution in [1.82, 2.24) is 9.62 Å². The molecule has 2 rings (SSSR count). The largest absolute Gasteiger partial charge is 0.465 e. The molecule has 0 aliphatic heterocycles. The van der Waals surface area contributed by atoms with E-state index in [1.54, 1.807) is 0 Å². The van der Waals surface area contributed by atoms with Crippen molar-refractivity contribution in [1.29, 1.82) is 0 Å². The quantitative estimate of drug-likeness (QED) is 0.713. The van der Waals surface area contributed by atoms with E-state index in [2.05, 4.69) is 9.46 Å². The number of rotatable bonds is 8. The Kier molecular flexibility index (Phi) is 6.90. The van der Waals surface area contributed by atoms with Crippen LogP contribution in [0.4, 0.5) is 0 Å². The summed E-state index contributed by atoms with van der Waals surface area (Å²) >= 11 is 0. The maximum Gasteiger partial charge on any atom is 0.337 e. The second-order valence-electron chi connectivity index (χ2n) is 6.18. The molecular weight excluding hydrogens is 352 g/mol. The van der Waals surface area contributed by atoms with E-state index < -0.39 is 16.0 Å². The molecule has 2 aromatic carbocycles. The van der Waals surface area contributed by atoms with Gasteiger partial charge in [-0.1, -0.05) is 30.3 Å². The average Bonchev–Trinajstić information content (AvgIpc) is 2.65. The maximum absolute atomic E-state index is 12.5. The molecule has 7 heteroatoms. The van der Waals surface area contributed by atoms with Crippen molar-refractivity contribution in [2.24, 2.45) is 0 Å². The van der Waals surface area contributed by atoms with Crippen LogP contribution >= 0.6 is 0 Å². The maximum atomic E-state index is 12.5. The summed E-state index contributed by atoms with van der Waals surface area (Å²) in [5, 5.41) is 0. The number of ether oxygens (including phenoxy) is 1. The second-order valence-corrected chi connectivity index (χ2v) is 7.94. The Balaban J connectivity index is 2.06. The predicted molar refractivity (Wildman–Crippen MR) is 101 cm³/mol. The molecule has 26 heavy (non-hydrogen) atoms. The number of nitrogens with zero attached hydrogens (tertiary/aromatic N) is 1. The first-order valence-electron chi connectivity index (χ1n) is 8.22. The zero-order valence-electron chi connectivity index (χ0n) is 15.2. The highest BCUT2D eigenvalue weighted by atomic mass is 32.2. The number of carbonyl (C=O) groups is 1. The van der Waals surface area contributed by atoms with Crippen LogP contribution in [0.2, 0.25) is 0 Å². The van der Waals surface area contributed by atoms with Gasteiger partial charge in [-0.15, -0.1) is 0 Å². The standard InChI is InChI=1S/C19H24N2O4S/c1-21(2)17(13-15-7-5-4-6-8-15)14-20-26(23,24)18-11-9-16(10-12-18)19(22)25-3/h4-12,17,20H,13-14H2,1-3H3. The summed E-state index contributed by atoms with van der Waals surface area (Å²) in [6.45, 7) is 0.281. The third kappa shape index (κ3) is 5.39. The van der Waals surface area contributed by atoms with Gasteiger partial charge in [0.1, 0.15) is 0 Å². The first kappa shape index (κ1) is 20.1. The van der Waals surface area contributed by atoms with E-state index in [1.165, 1.54) is 31.4 Å². The van der Waals surface area contributed by atoms with E-state index >= 15 is 0 Å². The van der Waals surface area contributed by atoms with Gasteiger partial charge in [0.05, 0.1) is 17.6 Å². The Hall–Kier alpha value is -2.22. The van der Waals surface area contributed by atoms with Crippen LogP contribution in [0.5, 0.6) is 0 Å². The van der Waals surface area contributed by atoms with E-state index in [-0.39, 0.29) is 17.5 Å². The molecule has 0 radical (unpaired) electrons. The molecule has 140 valence electrons. The van der Waals surface area contributed by atoms with Crippen molar-refractivity contribution in [2.45, 2.75) is 17.4 Å². The smallest absolute Gasteiger partial charge is 0.337 e. The lowest BCUT2D eigenvalue weighted by molar-refractivity contribution is 0.0600. The lowest BCUT2D eigenvalue weighted by atomic mass is 10.1. The van der Waals surface area contributed by atoms with Gasteiger partial charge in [-0.25, -0.2) is 17.9 Å². The van der Waals surface area contributed by atoms with Gasteiger partial charge in [0, 0.05) is 12.6 Å². The third-order valence-electron chi connectivity index (χ3n) is 4.14. The summed E-state index contributed by atoms with van der Waals surface area (Å²) in [6.07, 6.45) is 0.734. The van der Waals surface area contributed by atoms with Crippen molar-refractivity contribution in [2.75, 3.05) is 27.7 Å². The van der Waals surface area contributed by atoms with Gasteiger partial charge in [-0.05, 0) is 50.3 Å². The molecule has 1 N–H and O–H groups in total.